The lowest BCUT2D eigenvalue weighted by molar-refractivity contribution is -0.133. The number of fused-ring (bicyclic) bond motifs is 1. The highest BCUT2D eigenvalue weighted by Gasteiger charge is 2.35. The molecule has 0 radical (unpaired) electrons. The minimum Gasteiger partial charge on any atom is -0.492 e. The second kappa shape index (κ2) is 5.09. The number of hydrogen-bond donors (Lipinski definition) is 1. The Bertz CT molecular complexity index is 512. The molecule has 1 N–H and O–H groups in total. The number of likely N-dealkylation sites (tertiary alicyclic amines) is 1. The van der Waals surface area contributed by atoms with Gasteiger partial charge in [0.1, 0.15) is 18.3 Å². The summed E-state index contributed by atoms with van der Waals surface area (Å²) in [4.78, 5) is 14.6. The minimum absolute atomic E-state index is 0.132. The second-order valence-electron chi connectivity index (χ2n) is 6.08. The third kappa shape index (κ3) is 2.52. The average Bonchev–Trinajstić information content (AvgIpc) is 2.77. The van der Waals surface area contributed by atoms with Crippen molar-refractivity contribution in [3.05, 3.63) is 29.8 Å². The number of ether oxygens (including phenoxy) is 1. The maximum Gasteiger partial charge on any atom is 0.233 e. The van der Waals surface area contributed by atoms with Gasteiger partial charge in [-0.1, -0.05) is 18.2 Å². The molecule has 1 aromatic carbocycles. The number of carbonyl (C=O) groups excluding carboxylic acids is 1. The average molecular weight is 275 g/mol. The zero-order chi connectivity index (χ0) is 14.2. The van der Waals surface area contributed by atoms with E-state index in [2.05, 4.69) is 0 Å². The fourth-order valence-corrected chi connectivity index (χ4v) is 3.07. The van der Waals surface area contributed by atoms with Gasteiger partial charge in [0.25, 0.3) is 0 Å². The van der Waals surface area contributed by atoms with Crippen molar-refractivity contribution in [1.29, 1.82) is 0 Å². The van der Waals surface area contributed by atoms with Gasteiger partial charge in [0.15, 0.2) is 0 Å². The lowest BCUT2D eigenvalue weighted by Gasteiger charge is -2.24. The highest BCUT2D eigenvalue weighted by Crippen LogP contribution is 2.35. The van der Waals surface area contributed by atoms with E-state index in [1.165, 1.54) is 0 Å². The van der Waals surface area contributed by atoms with Crippen molar-refractivity contribution in [1.82, 2.24) is 4.90 Å². The van der Waals surface area contributed by atoms with Gasteiger partial charge in [0.05, 0.1) is 5.60 Å². The Balaban J connectivity index is 1.74. The van der Waals surface area contributed by atoms with Gasteiger partial charge in [0.2, 0.25) is 5.91 Å². The second-order valence-corrected chi connectivity index (χ2v) is 6.08. The van der Waals surface area contributed by atoms with Crippen LogP contribution in [0.2, 0.25) is 0 Å². The summed E-state index contributed by atoms with van der Waals surface area (Å²) in [6, 6.07) is 7.75. The molecule has 2 heterocycles. The summed E-state index contributed by atoms with van der Waals surface area (Å²) < 4.78 is 5.60. The quantitative estimate of drug-likeness (QED) is 0.852. The molecule has 1 amide bonds. The number of benzene rings is 1. The topological polar surface area (TPSA) is 49.8 Å². The first-order valence-electron chi connectivity index (χ1n) is 7.30. The summed E-state index contributed by atoms with van der Waals surface area (Å²) in [5.74, 6) is 0.773. The fourth-order valence-electron chi connectivity index (χ4n) is 3.07. The lowest BCUT2D eigenvalue weighted by Crippen LogP contribution is -2.37. The van der Waals surface area contributed by atoms with Crippen molar-refractivity contribution < 1.29 is 14.6 Å². The monoisotopic (exact) mass is 275 g/mol. The number of hydrogen-bond acceptors (Lipinski definition) is 3. The molecular weight excluding hydrogens is 254 g/mol. The Hall–Kier alpha value is -1.55. The molecule has 108 valence electrons. The molecule has 3 rings (SSSR count). The molecule has 0 bridgehead atoms. The van der Waals surface area contributed by atoms with Gasteiger partial charge in [-0.2, -0.15) is 0 Å². The van der Waals surface area contributed by atoms with E-state index in [1.54, 1.807) is 0 Å². The molecule has 1 aromatic rings. The number of aliphatic hydroxyl groups is 1. The number of carbonyl (C=O) groups is 1. The fraction of sp³-hybridized carbons (Fsp3) is 0.562. The van der Waals surface area contributed by atoms with Gasteiger partial charge in [-0.15, -0.1) is 0 Å². The van der Waals surface area contributed by atoms with Gasteiger partial charge in [-0.05, 0) is 32.3 Å². The van der Waals surface area contributed by atoms with Crippen LogP contribution in [-0.4, -0.2) is 41.2 Å². The van der Waals surface area contributed by atoms with Gasteiger partial charge in [-0.3, -0.25) is 4.79 Å². The van der Waals surface area contributed by atoms with Crippen LogP contribution in [0.5, 0.6) is 5.75 Å². The first kappa shape index (κ1) is 13.4. The molecule has 2 atom stereocenters. The van der Waals surface area contributed by atoms with E-state index in [9.17, 15) is 9.90 Å². The van der Waals surface area contributed by atoms with Crippen LogP contribution in [0.25, 0.3) is 0 Å². The zero-order valence-electron chi connectivity index (χ0n) is 11.8. The molecule has 2 aliphatic heterocycles. The summed E-state index contributed by atoms with van der Waals surface area (Å²) >= 11 is 0. The molecule has 1 saturated heterocycles. The Labute approximate surface area is 119 Å². The van der Waals surface area contributed by atoms with Crippen LogP contribution in [0.1, 0.15) is 37.7 Å². The molecule has 0 aliphatic carbocycles. The molecule has 0 saturated carbocycles. The Morgan fingerprint density at radius 3 is 3.00 bits per heavy atom. The van der Waals surface area contributed by atoms with Crippen molar-refractivity contribution in [3.8, 4) is 5.75 Å². The van der Waals surface area contributed by atoms with Crippen LogP contribution >= 0.6 is 0 Å². The van der Waals surface area contributed by atoms with Crippen LogP contribution in [-0.2, 0) is 4.79 Å². The minimum atomic E-state index is -0.640. The standard InChI is InChI=1S/C16H21NO3/c1-16(19)7-4-9-17(10-8-16)15(18)13-11-20-14-6-3-2-5-12(13)14/h2-3,5-6,13,19H,4,7-11H2,1H3. The largest absolute Gasteiger partial charge is 0.492 e. The van der Waals surface area contributed by atoms with E-state index in [0.717, 1.165) is 30.7 Å². The summed E-state index contributed by atoms with van der Waals surface area (Å²) in [6.45, 7) is 3.65. The van der Waals surface area contributed by atoms with Gasteiger partial charge in [-0.25, -0.2) is 0 Å². The van der Waals surface area contributed by atoms with Crippen molar-refractivity contribution in [2.75, 3.05) is 19.7 Å². The van der Waals surface area contributed by atoms with E-state index >= 15 is 0 Å². The zero-order valence-corrected chi connectivity index (χ0v) is 11.8. The van der Waals surface area contributed by atoms with Gasteiger partial charge < -0.3 is 14.7 Å². The van der Waals surface area contributed by atoms with Gasteiger partial charge in [0, 0.05) is 18.7 Å². The molecule has 20 heavy (non-hydrogen) atoms. The first-order chi connectivity index (χ1) is 9.57. The molecular formula is C16H21NO3. The van der Waals surface area contributed by atoms with E-state index in [0.29, 0.717) is 19.6 Å². The van der Waals surface area contributed by atoms with E-state index in [-0.39, 0.29) is 11.8 Å². The highest BCUT2D eigenvalue weighted by atomic mass is 16.5. The number of rotatable bonds is 1. The summed E-state index contributed by atoms with van der Waals surface area (Å²) in [6.07, 6.45) is 2.26. The predicted octanol–water partition coefficient (Wildman–Crippen LogP) is 1.93. The number of nitrogens with zero attached hydrogens (tertiary/aromatic N) is 1. The molecule has 2 unspecified atom stereocenters. The van der Waals surface area contributed by atoms with Crippen molar-refractivity contribution in [2.24, 2.45) is 0 Å². The van der Waals surface area contributed by atoms with Crippen molar-refractivity contribution in [3.63, 3.8) is 0 Å². The molecule has 0 spiro atoms. The summed E-state index contributed by atoms with van der Waals surface area (Å²) in [5, 5.41) is 10.1. The molecule has 4 nitrogen and oxygen atoms in total. The van der Waals surface area contributed by atoms with E-state index in [4.69, 9.17) is 4.74 Å². The highest BCUT2D eigenvalue weighted by molar-refractivity contribution is 5.85. The summed E-state index contributed by atoms with van der Waals surface area (Å²) in [7, 11) is 0. The normalized spacial score (nSPS) is 29.5. The number of para-hydroxylation sites is 1. The van der Waals surface area contributed by atoms with Crippen LogP contribution in [0, 0.1) is 0 Å². The van der Waals surface area contributed by atoms with Crippen molar-refractivity contribution >= 4 is 5.91 Å². The number of amides is 1. The van der Waals surface area contributed by atoms with Gasteiger partial charge >= 0.3 is 0 Å². The Morgan fingerprint density at radius 2 is 2.15 bits per heavy atom. The Morgan fingerprint density at radius 1 is 1.35 bits per heavy atom. The smallest absolute Gasteiger partial charge is 0.233 e. The SMILES string of the molecule is CC1(O)CCCN(C(=O)C2COc3ccccc32)CC1. The van der Waals surface area contributed by atoms with E-state index in [1.807, 2.05) is 36.1 Å². The van der Waals surface area contributed by atoms with Crippen molar-refractivity contribution in [2.45, 2.75) is 37.7 Å². The predicted molar refractivity (Wildman–Crippen MR) is 75.7 cm³/mol. The van der Waals surface area contributed by atoms with Crippen LogP contribution in [0.15, 0.2) is 24.3 Å². The third-order valence-corrected chi connectivity index (χ3v) is 4.37. The van der Waals surface area contributed by atoms with Crippen LogP contribution in [0.3, 0.4) is 0 Å². The molecule has 0 aromatic heterocycles. The maximum atomic E-state index is 12.7. The first-order valence-corrected chi connectivity index (χ1v) is 7.30. The third-order valence-electron chi connectivity index (χ3n) is 4.37. The molecule has 2 aliphatic rings. The Kier molecular flexibility index (Phi) is 3.42. The molecule has 1 fully saturated rings. The van der Waals surface area contributed by atoms with Crippen LogP contribution < -0.4 is 4.74 Å². The molecule has 4 heteroatoms. The summed E-state index contributed by atoms with van der Waals surface area (Å²) in [5.41, 5.74) is 0.354. The van der Waals surface area contributed by atoms with Crippen LogP contribution in [0.4, 0.5) is 0 Å². The van der Waals surface area contributed by atoms with E-state index < -0.39 is 5.60 Å². The lowest BCUT2D eigenvalue weighted by atomic mass is 9.98. The maximum absolute atomic E-state index is 12.7.